The minimum Gasteiger partial charge on any atom is -0.385 e. The Morgan fingerprint density at radius 2 is 2.40 bits per heavy atom. The Kier molecular flexibility index (Phi) is 4.19. The van der Waals surface area contributed by atoms with E-state index in [1.54, 1.807) is 6.07 Å². The highest BCUT2D eigenvalue weighted by Gasteiger charge is 2.41. The van der Waals surface area contributed by atoms with Crippen LogP contribution in [0, 0.1) is 11.7 Å². The van der Waals surface area contributed by atoms with Crippen LogP contribution in [0.4, 0.5) is 10.1 Å². The van der Waals surface area contributed by atoms with Crippen LogP contribution in [-0.4, -0.2) is 45.1 Å². The summed E-state index contributed by atoms with van der Waals surface area (Å²) in [6.45, 7) is 4.67. The molecule has 4 nitrogen and oxygen atoms in total. The Hall–Kier alpha value is -1.17. The molecule has 5 heteroatoms. The molecule has 2 aliphatic heterocycles. The Bertz CT molecular complexity index is 447. The average molecular weight is 280 g/mol. The number of nitrogens with one attached hydrogen (secondary N) is 2. The molecule has 0 aliphatic carbocycles. The van der Waals surface area contributed by atoms with Crippen LogP contribution in [0.2, 0.25) is 0 Å². The number of halogens is 1. The van der Waals surface area contributed by atoms with E-state index < -0.39 is 0 Å². The molecular weight excluding hydrogens is 259 g/mol. The Morgan fingerprint density at radius 1 is 1.45 bits per heavy atom. The van der Waals surface area contributed by atoms with Crippen molar-refractivity contribution in [1.29, 1.82) is 0 Å². The molecule has 3 rings (SSSR count). The van der Waals surface area contributed by atoms with Gasteiger partial charge in [-0.1, -0.05) is 6.07 Å². The number of anilines is 1. The molecule has 2 saturated heterocycles. The third-order valence-electron chi connectivity index (χ3n) is 3.94. The van der Waals surface area contributed by atoms with E-state index in [2.05, 4.69) is 10.6 Å². The lowest BCUT2D eigenvalue weighted by Crippen LogP contribution is -2.42. The fourth-order valence-electron chi connectivity index (χ4n) is 2.92. The maximum absolute atomic E-state index is 13.1. The molecule has 0 amide bonds. The van der Waals surface area contributed by atoms with Crippen molar-refractivity contribution in [2.75, 3.05) is 44.8 Å². The van der Waals surface area contributed by atoms with Gasteiger partial charge in [-0.05, 0) is 24.6 Å². The molecule has 2 heterocycles. The quantitative estimate of drug-likeness (QED) is 0.883. The van der Waals surface area contributed by atoms with Gasteiger partial charge in [-0.3, -0.25) is 0 Å². The van der Waals surface area contributed by atoms with E-state index in [0.717, 1.165) is 45.0 Å². The third kappa shape index (κ3) is 3.29. The fraction of sp³-hybridized carbons (Fsp3) is 0.600. The SMILES string of the molecule is Fc1cccc(NC[C@@H]2CO[C@@]3(CNCCOC3)C2)c1. The van der Waals surface area contributed by atoms with Crippen molar-refractivity contribution in [2.24, 2.45) is 5.92 Å². The summed E-state index contributed by atoms with van der Waals surface area (Å²) in [7, 11) is 0. The first-order valence-electron chi connectivity index (χ1n) is 7.18. The number of rotatable bonds is 3. The summed E-state index contributed by atoms with van der Waals surface area (Å²) in [4.78, 5) is 0. The van der Waals surface area contributed by atoms with Crippen molar-refractivity contribution in [1.82, 2.24) is 5.32 Å². The average Bonchev–Trinajstić information content (AvgIpc) is 2.69. The van der Waals surface area contributed by atoms with Gasteiger partial charge in [-0.25, -0.2) is 4.39 Å². The molecule has 2 N–H and O–H groups in total. The van der Waals surface area contributed by atoms with Gasteiger partial charge in [0.15, 0.2) is 0 Å². The van der Waals surface area contributed by atoms with Gasteiger partial charge < -0.3 is 20.1 Å². The molecule has 0 bridgehead atoms. The highest BCUT2D eigenvalue weighted by Crippen LogP contribution is 2.31. The van der Waals surface area contributed by atoms with Crippen molar-refractivity contribution in [3.8, 4) is 0 Å². The molecule has 1 aromatic rings. The number of hydrogen-bond acceptors (Lipinski definition) is 4. The standard InChI is InChI=1S/C15H21FN2O2/c16-13-2-1-3-14(6-13)18-8-12-7-15(20-9-12)10-17-4-5-19-11-15/h1-3,6,12,17-18H,4-5,7-11H2/t12-,15-/m1/s1. The van der Waals surface area contributed by atoms with Crippen LogP contribution < -0.4 is 10.6 Å². The molecule has 110 valence electrons. The lowest BCUT2D eigenvalue weighted by molar-refractivity contribution is -0.0471. The molecule has 0 saturated carbocycles. The van der Waals surface area contributed by atoms with Gasteiger partial charge in [0.25, 0.3) is 0 Å². The van der Waals surface area contributed by atoms with E-state index >= 15 is 0 Å². The van der Waals surface area contributed by atoms with Crippen LogP contribution >= 0.6 is 0 Å². The summed E-state index contributed by atoms with van der Waals surface area (Å²) >= 11 is 0. The number of ether oxygens (including phenoxy) is 2. The van der Waals surface area contributed by atoms with E-state index in [9.17, 15) is 4.39 Å². The molecule has 1 aromatic carbocycles. The number of benzene rings is 1. The van der Waals surface area contributed by atoms with Gasteiger partial charge in [0.2, 0.25) is 0 Å². The van der Waals surface area contributed by atoms with Crippen molar-refractivity contribution in [3.63, 3.8) is 0 Å². The summed E-state index contributed by atoms with van der Waals surface area (Å²) in [6, 6.07) is 6.56. The second kappa shape index (κ2) is 6.08. The van der Waals surface area contributed by atoms with E-state index in [1.807, 2.05) is 6.07 Å². The zero-order chi connectivity index (χ0) is 13.8. The second-order valence-corrected chi connectivity index (χ2v) is 5.68. The van der Waals surface area contributed by atoms with Crippen molar-refractivity contribution >= 4 is 5.69 Å². The number of hydrogen-bond donors (Lipinski definition) is 2. The first kappa shape index (κ1) is 13.8. The molecule has 2 atom stereocenters. The van der Waals surface area contributed by atoms with Crippen molar-refractivity contribution in [2.45, 2.75) is 12.0 Å². The van der Waals surface area contributed by atoms with Crippen molar-refractivity contribution in [3.05, 3.63) is 30.1 Å². The van der Waals surface area contributed by atoms with Crippen LogP contribution in [0.3, 0.4) is 0 Å². The second-order valence-electron chi connectivity index (χ2n) is 5.68. The van der Waals surface area contributed by atoms with Crippen LogP contribution in [0.15, 0.2) is 24.3 Å². The predicted molar refractivity (Wildman–Crippen MR) is 75.4 cm³/mol. The molecular formula is C15H21FN2O2. The highest BCUT2D eigenvalue weighted by atomic mass is 19.1. The third-order valence-corrected chi connectivity index (χ3v) is 3.94. The first-order valence-corrected chi connectivity index (χ1v) is 7.18. The van der Waals surface area contributed by atoms with Gasteiger partial charge in [0.1, 0.15) is 11.4 Å². The first-order chi connectivity index (χ1) is 9.76. The van der Waals surface area contributed by atoms with Gasteiger partial charge in [-0.15, -0.1) is 0 Å². The highest BCUT2D eigenvalue weighted by molar-refractivity contribution is 5.43. The molecule has 2 aliphatic rings. The summed E-state index contributed by atoms with van der Waals surface area (Å²) in [5, 5.41) is 6.65. The molecule has 20 heavy (non-hydrogen) atoms. The topological polar surface area (TPSA) is 42.5 Å². The maximum atomic E-state index is 13.1. The summed E-state index contributed by atoms with van der Waals surface area (Å²) in [5.41, 5.74) is 0.645. The largest absolute Gasteiger partial charge is 0.385 e. The van der Waals surface area contributed by atoms with Crippen molar-refractivity contribution < 1.29 is 13.9 Å². The van der Waals surface area contributed by atoms with Gasteiger partial charge >= 0.3 is 0 Å². The normalized spacial score (nSPS) is 30.4. The summed E-state index contributed by atoms with van der Waals surface area (Å²) in [6.07, 6.45) is 0.975. The Balaban J connectivity index is 1.52. The van der Waals surface area contributed by atoms with E-state index in [4.69, 9.17) is 9.47 Å². The Labute approximate surface area is 118 Å². The van der Waals surface area contributed by atoms with Crippen LogP contribution in [0.1, 0.15) is 6.42 Å². The molecule has 2 fully saturated rings. The smallest absolute Gasteiger partial charge is 0.125 e. The Morgan fingerprint density at radius 3 is 3.30 bits per heavy atom. The lowest BCUT2D eigenvalue weighted by Gasteiger charge is -2.25. The summed E-state index contributed by atoms with van der Waals surface area (Å²) < 4.78 is 24.7. The van der Waals surface area contributed by atoms with E-state index in [0.29, 0.717) is 12.5 Å². The molecule has 0 radical (unpaired) electrons. The maximum Gasteiger partial charge on any atom is 0.125 e. The molecule has 1 spiro atoms. The van der Waals surface area contributed by atoms with Gasteiger partial charge in [0.05, 0.1) is 19.8 Å². The predicted octanol–water partition coefficient (Wildman–Crippen LogP) is 1.63. The van der Waals surface area contributed by atoms with Gasteiger partial charge in [0, 0.05) is 31.2 Å². The van der Waals surface area contributed by atoms with Crippen LogP contribution in [0.25, 0.3) is 0 Å². The van der Waals surface area contributed by atoms with E-state index in [-0.39, 0.29) is 11.4 Å². The summed E-state index contributed by atoms with van der Waals surface area (Å²) in [5.74, 6) is 0.220. The minimum atomic E-state index is -0.212. The minimum absolute atomic E-state index is 0.176. The van der Waals surface area contributed by atoms with Gasteiger partial charge in [-0.2, -0.15) is 0 Å². The zero-order valence-corrected chi connectivity index (χ0v) is 11.5. The fourth-order valence-corrected chi connectivity index (χ4v) is 2.92. The molecule has 0 aromatic heterocycles. The monoisotopic (exact) mass is 280 g/mol. The van der Waals surface area contributed by atoms with E-state index in [1.165, 1.54) is 12.1 Å². The van der Waals surface area contributed by atoms with Crippen LogP contribution in [0.5, 0.6) is 0 Å². The molecule has 0 unspecified atom stereocenters. The van der Waals surface area contributed by atoms with Crippen LogP contribution in [-0.2, 0) is 9.47 Å². The zero-order valence-electron chi connectivity index (χ0n) is 11.5. The lowest BCUT2D eigenvalue weighted by atomic mass is 9.94.